The summed E-state index contributed by atoms with van der Waals surface area (Å²) in [6, 6.07) is 5.94. The fourth-order valence-electron chi connectivity index (χ4n) is 3.23. The first-order valence-electron chi connectivity index (χ1n) is 7.22. The van der Waals surface area contributed by atoms with Gasteiger partial charge in [-0.3, -0.25) is 0 Å². The molecule has 0 aromatic heterocycles. The Hall–Kier alpha value is -1.10. The van der Waals surface area contributed by atoms with E-state index in [2.05, 4.69) is 0 Å². The molecular formula is C16H22O4. The van der Waals surface area contributed by atoms with Gasteiger partial charge in [-0.2, -0.15) is 0 Å². The van der Waals surface area contributed by atoms with Crippen LogP contribution in [0.15, 0.2) is 18.2 Å². The summed E-state index contributed by atoms with van der Waals surface area (Å²) in [5, 5.41) is 10.9. The number of ether oxygens (including phenoxy) is 3. The number of methoxy groups -OCH3 is 1. The molecule has 1 saturated carbocycles. The SMILES string of the molecule is COc1cc(C2(O)CCC3(CC2)OCCO3)ccc1C. The van der Waals surface area contributed by atoms with Crippen LogP contribution in [-0.4, -0.2) is 31.2 Å². The Balaban J connectivity index is 1.80. The summed E-state index contributed by atoms with van der Waals surface area (Å²) < 4.78 is 16.8. The molecule has 2 aliphatic rings. The second kappa shape index (κ2) is 5.02. The zero-order valence-electron chi connectivity index (χ0n) is 12.1. The lowest BCUT2D eigenvalue weighted by Crippen LogP contribution is -2.42. The van der Waals surface area contributed by atoms with Crippen LogP contribution in [0.25, 0.3) is 0 Å². The smallest absolute Gasteiger partial charge is 0.168 e. The Kier molecular flexibility index (Phi) is 3.48. The molecule has 3 rings (SSSR count). The second-order valence-electron chi connectivity index (χ2n) is 5.82. The molecule has 20 heavy (non-hydrogen) atoms. The molecule has 4 heteroatoms. The van der Waals surface area contributed by atoms with E-state index in [0.717, 1.165) is 29.7 Å². The Morgan fingerprint density at radius 2 is 1.75 bits per heavy atom. The molecule has 1 aliphatic carbocycles. The molecule has 0 radical (unpaired) electrons. The van der Waals surface area contributed by atoms with Crippen molar-refractivity contribution >= 4 is 0 Å². The van der Waals surface area contributed by atoms with Crippen LogP contribution in [0.1, 0.15) is 36.8 Å². The van der Waals surface area contributed by atoms with Crippen LogP contribution in [0.2, 0.25) is 0 Å². The van der Waals surface area contributed by atoms with Crippen LogP contribution in [0.5, 0.6) is 5.75 Å². The standard InChI is InChI=1S/C16H22O4/c1-12-3-4-13(11-14(12)18-2)15(17)5-7-16(8-6-15)19-9-10-20-16/h3-4,11,17H,5-10H2,1-2H3. The van der Waals surface area contributed by atoms with Gasteiger partial charge in [0.2, 0.25) is 0 Å². The van der Waals surface area contributed by atoms with Crippen molar-refractivity contribution in [3.63, 3.8) is 0 Å². The lowest BCUT2D eigenvalue weighted by molar-refractivity contribution is -0.204. The zero-order chi connectivity index (χ0) is 14.2. The maximum atomic E-state index is 10.9. The van der Waals surface area contributed by atoms with Crippen LogP contribution in [-0.2, 0) is 15.1 Å². The molecule has 4 nitrogen and oxygen atoms in total. The van der Waals surface area contributed by atoms with Crippen molar-refractivity contribution < 1.29 is 19.3 Å². The number of aliphatic hydroxyl groups is 1. The van der Waals surface area contributed by atoms with Gasteiger partial charge in [-0.1, -0.05) is 12.1 Å². The molecule has 1 saturated heterocycles. The maximum Gasteiger partial charge on any atom is 0.168 e. The van der Waals surface area contributed by atoms with Gasteiger partial charge in [-0.15, -0.1) is 0 Å². The minimum Gasteiger partial charge on any atom is -0.496 e. The van der Waals surface area contributed by atoms with Gasteiger partial charge in [0.15, 0.2) is 5.79 Å². The molecule has 1 aromatic rings. The van der Waals surface area contributed by atoms with Crippen LogP contribution in [0.4, 0.5) is 0 Å². The average molecular weight is 278 g/mol. The van der Waals surface area contributed by atoms with Crippen molar-refractivity contribution in [3.8, 4) is 5.75 Å². The van der Waals surface area contributed by atoms with E-state index in [4.69, 9.17) is 14.2 Å². The highest BCUT2D eigenvalue weighted by Crippen LogP contribution is 2.45. The molecule has 0 amide bonds. The van der Waals surface area contributed by atoms with Crippen LogP contribution in [0.3, 0.4) is 0 Å². The monoisotopic (exact) mass is 278 g/mol. The summed E-state index contributed by atoms with van der Waals surface area (Å²) in [6.07, 6.45) is 2.78. The second-order valence-corrected chi connectivity index (χ2v) is 5.82. The fraction of sp³-hybridized carbons (Fsp3) is 0.625. The molecule has 0 atom stereocenters. The van der Waals surface area contributed by atoms with E-state index in [1.807, 2.05) is 25.1 Å². The third-order valence-electron chi connectivity index (χ3n) is 4.60. The normalized spacial score (nSPS) is 23.9. The van der Waals surface area contributed by atoms with Crippen molar-refractivity contribution in [2.75, 3.05) is 20.3 Å². The van der Waals surface area contributed by atoms with E-state index in [-0.39, 0.29) is 0 Å². The summed E-state index contributed by atoms with van der Waals surface area (Å²) in [6.45, 7) is 3.33. The quantitative estimate of drug-likeness (QED) is 0.903. The topological polar surface area (TPSA) is 47.9 Å². The maximum absolute atomic E-state index is 10.9. The molecular weight excluding hydrogens is 256 g/mol. The first-order valence-corrected chi connectivity index (χ1v) is 7.22. The third kappa shape index (κ3) is 2.32. The largest absolute Gasteiger partial charge is 0.496 e. The Morgan fingerprint density at radius 1 is 1.10 bits per heavy atom. The average Bonchev–Trinajstić information content (AvgIpc) is 2.92. The number of hydrogen-bond donors (Lipinski definition) is 1. The van der Waals surface area contributed by atoms with Crippen molar-refractivity contribution in [2.45, 2.75) is 44.0 Å². The number of aryl methyl sites for hydroxylation is 1. The van der Waals surface area contributed by atoms with Crippen molar-refractivity contribution in [2.24, 2.45) is 0 Å². The highest BCUT2D eigenvalue weighted by atomic mass is 16.7. The molecule has 1 spiro atoms. The lowest BCUT2D eigenvalue weighted by atomic mass is 9.77. The lowest BCUT2D eigenvalue weighted by Gasteiger charge is -2.40. The van der Waals surface area contributed by atoms with Gasteiger partial charge in [0.05, 0.1) is 25.9 Å². The van der Waals surface area contributed by atoms with Crippen LogP contribution >= 0.6 is 0 Å². The molecule has 1 aliphatic heterocycles. The molecule has 110 valence electrons. The highest BCUT2D eigenvalue weighted by molar-refractivity contribution is 5.39. The van der Waals surface area contributed by atoms with Crippen molar-refractivity contribution in [1.29, 1.82) is 0 Å². The molecule has 1 heterocycles. The minimum absolute atomic E-state index is 0.443. The van der Waals surface area contributed by atoms with Crippen molar-refractivity contribution in [3.05, 3.63) is 29.3 Å². The molecule has 1 N–H and O–H groups in total. The number of hydrogen-bond acceptors (Lipinski definition) is 4. The molecule has 0 unspecified atom stereocenters. The van der Waals surface area contributed by atoms with Gasteiger partial charge in [-0.05, 0) is 37.0 Å². The fourth-order valence-corrected chi connectivity index (χ4v) is 3.23. The minimum atomic E-state index is -0.804. The molecule has 0 bridgehead atoms. The van der Waals surface area contributed by atoms with E-state index in [1.165, 1.54) is 0 Å². The zero-order valence-corrected chi connectivity index (χ0v) is 12.1. The van der Waals surface area contributed by atoms with E-state index in [1.54, 1.807) is 7.11 Å². The predicted octanol–water partition coefficient (Wildman–Crippen LogP) is 2.51. The van der Waals surface area contributed by atoms with E-state index in [0.29, 0.717) is 26.1 Å². The van der Waals surface area contributed by atoms with Gasteiger partial charge >= 0.3 is 0 Å². The first kappa shape index (κ1) is 13.9. The van der Waals surface area contributed by atoms with Crippen LogP contribution < -0.4 is 4.74 Å². The van der Waals surface area contributed by atoms with Crippen molar-refractivity contribution in [1.82, 2.24) is 0 Å². The summed E-state index contributed by atoms with van der Waals surface area (Å²) in [4.78, 5) is 0. The first-order chi connectivity index (χ1) is 9.57. The van der Waals surface area contributed by atoms with E-state index < -0.39 is 11.4 Å². The van der Waals surface area contributed by atoms with Gasteiger partial charge in [-0.25, -0.2) is 0 Å². The highest BCUT2D eigenvalue weighted by Gasteiger charge is 2.46. The molecule has 2 fully saturated rings. The summed E-state index contributed by atoms with van der Waals surface area (Å²) in [7, 11) is 1.66. The van der Waals surface area contributed by atoms with E-state index >= 15 is 0 Å². The van der Waals surface area contributed by atoms with Gasteiger partial charge in [0.25, 0.3) is 0 Å². The summed E-state index contributed by atoms with van der Waals surface area (Å²) in [5.41, 5.74) is 1.20. The number of rotatable bonds is 2. The summed E-state index contributed by atoms with van der Waals surface area (Å²) in [5.74, 6) is 0.380. The Bertz CT molecular complexity index is 481. The van der Waals surface area contributed by atoms with Gasteiger partial charge in [0, 0.05) is 12.8 Å². The predicted molar refractivity (Wildman–Crippen MR) is 74.7 cm³/mol. The van der Waals surface area contributed by atoms with Gasteiger partial charge in [0.1, 0.15) is 5.75 Å². The van der Waals surface area contributed by atoms with Gasteiger partial charge < -0.3 is 19.3 Å². The third-order valence-corrected chi connectivity index (χ3v) is 4.60. The molecule has 1 aromatic carbocycles. The Morgan fingerprint density at radius 3 is 2.35 bits per heavy atom. The number of benzene rings is 1. The summed E-state index contributed by atoms with van der Waals surface area (Å²) >= 11 is 0. The van der Waals surface area contributed by atoms with E-state index in [9.17, 15) is 5.11 Å². The van der Waals surface area contributed by atoms with Crippen LogP contribution in [0, 0.1) is 6.92 Å². The Labute approximate surface area is 119 Å².